The van der Waals surface area contributed by atoms with Crippen molar-refractivity contribution in [2.75, 3.05) is 51.8 Å². The number of ether oxygens (including phenoxy) is 1. The SMILES string of the molecule is COCCNCC(=O)N1CCCC(CNC(=O)Nc2cccc(F)c2)C1.Cl. The van der Waals surface area contributed by atoms with Gasteiger partial charge in [-0.05, 0) is 37.0 Å². The fourth-order valence-electron chi connectivity index (χ4n) is 2.92. The molecule has 3 amide bonds. The molecule has 1 aliphatic heterocycles. The molecule has 1 fully saturated rings. The minimum atomic E-state index is -0.400. The molecule has 2 rings (SSSR count). The van der Waals surface area contributed by atoms with E-state index in [0.717, 1.165) is 19.4 Å². The van der Waals surface area contributed by atoms with Crippen molar-refractivity contribution in [1.82, 2.24) is 15.5 Å². The molecule has 0 spiro atoms. The summed E-state index contributed by atoms with van der Waals surface area (Å²) in [4.78, 5) is 26.0. The largest absolute Gasteiger partial charge is 0.383 e. The summed E-state index contributed by atoms with van der Waals surface area (Å²) in [5.41, 5.74) is 0.407. The summed E-state index contributed by atoms with van der Waals surface area (Å²) in [6, 6.07) is 5.37. The van der Waals surface area contributed by atoms with Crippen molar-refractivity contribution in [3.63, 3.8) is 0 Å². The monoisotopic (exact) mass is 402 g/mol. The lowest BCUT2D eigenvalue weighted by Gasteiger charge is -2.33. The van der Waals surface area contributed by atoms with Gasteiger partial charge in [0.25, 0.3) is 0 Å². The van der Waals surface area contributed by atoms with E-state index in [1.807, 2.05) is 4.90 Å². The molecule has 27 heavy (non-hydrogen) atoms. The molecule has 3 N–H and O–H groups in total. The molecule has 1 saturated heterocycles. The Kier molecular flexibility index (Phi) is 10.7. The number of rotatable bonds is 8. The predicted molar refractivity (Wildman–Crippen MR) is 105 cm³/mol. The van der Waals surface area contributed by atoms with Crippen LogP contribution < -0.4 is 16.0 Å². The number of benzene rings is 1. The highest BCUT2D eigenvalue weighted by Crippen LogP contribution is 2.16. The smallest absolute Gasteiger partial charge is 0.319 e. The van der Waals surface area contributed by atoms with Gasteiger partial charge < -0.3 is 25.6 Å². The fourth-order valence-corrected chi connectivity index (χ4v) is 2.92. The molecule has 152 valence electrons. The Labute approximate surface area is 165 Å². The average molecular weight is 403 g/mol. The van der Waals surface area contributed by atoms with E-state index in [0.29, 0.717) is 38.5 Å². The van der Waals surface area contributed by atoms with Crippen molar-refractivity contribution < 1.29 is 18.7 Å². The lowest BCUT2D eigenvalue weighted by molar-refractivity contribution is -0.132. The van der Waals surface area contributed by atoms with E-state index in [1.165, 1.54) is 18.2 Å². The maximum Gasteiger partial charge on any atom is 0.319 e. The summed E-state index contributed by atoms with van der Waals surface area (Å²) >= 11 is 0. The number of likely N-dealkylation sites (tertiary alicyclic amines) is 1. The van der Waals surface area contributed by atoms with Crippen molar-refractivity contribution in [3.8, 4) is 0 Å². The Hall–Kier alpha value is -1.90. The van der Waals surface area contributed by atoms with Gasteiger partial charge in [-0.1, -0.05) is 6.07 Å². The van der Waals surface area contributed by atoms with Gasteiger partial charge in [0.05, 0.1) is 13.2 Å². The van der Waals surface area contributed by atoms with Crippen LogP contribution in [0.5, 0.6) is 0 Å². The van der Waals surface area contributed by atoms with Gasteiger partial charge in [0, 0.05) is 39.0 Å². The number of amides is 3. The Balaban J connectivity index is 0.00000364. The zero-order valence-corrected chi connectivity index (χ0v) is 16.3. The number of halogens is 2. The number of methoxy groups -OCH3 is 1. The van der Waals surface area contributed by atoms with Crippen LogP contribution in [-0.2, 0) is 9.53 Å². The maximum absolute atomic E-state index is 13.1. The van der Waals surface area contributed by atoms with Crippen molar-refractivity contribution >= 4 is 30.0 Å². The lowest BCUT2D eigenvalue weighted by Crippen LogP contribution is -2.47. The number of nitrogens with one attached hydrogen (secondary N) is 3. The Morgan fingerprint density at radius 3 is 2.93 bits per heavy atom. The van der Waals surface area contributed by atoms with E-state index in [4.69, 9.17) is 4.74 Å². The molecule has 0 saturated carbocycles. The number of hydrogen-bond donors (Lipinski definition) is 3. The van der Waals surface area contributed by atoms with Crippen molar-refractivity contribution in [2.24, 2.45) is 5.92 Å². The molecular weight excluding hydrogens is 375 g/mol. The van der Waals surface area contributed by atoms with E-state index in [1.54, 1.807) is 13.2 Å². The van der Waals surface area contributed by atoms with Crippen LogP contribution in [0, 0.1) is 11.7 Å². The summed E-state index contributed by atoms with van der Waals surface area (Å²) in [5.74, 6) is -0.122. The quantitative estimate of drug-likeness (QED) is 0.579. The molecular formula is C18H28ClFN4O3. The van der Waals surface area contributed by atoms with Gasteiger partial charge >= 0.3 is 6.03 Å². The van der Waals surface area contributed by atoms with Crippen LogP contribution in [0.2, 0.25) is 0 Å². The second-order valence-corrected chi connectivity index (χ2v) is 6.36. The van der Waals surface area contributed by atoms with Gasteiger partial charge in [-0.25, -0.2) is 9.18 Å². The normalized spacial score (nSPS) is 16.4. The van der Waals surface area contributed by atoms with E-state index in [9.17, 15) is 14.0 Å². The number of anilines is 1. The first-order chi connectivity index (χ1) is 12.6. The molecule has 1 aliphatic rings. The molecule has 0 aliphatic carbocycles. The number of nitrogens with zero attached hydrogens (tertiary/aromatic N) is 1. The molecule has 0 radical (unpaired) electrons. The maximum atomic E-state index is 13.1. The second-order valence-electron chi connectivity index (χ2n) is 6.36. The second kappa shape index (κ2) is 12.5. The molecule has 1 heterocycles. The Bertz CT molecular complexity index is 606. The highest BCUT2D eigenvalue weighted by atomic mass is 35.5. The third kappa shape index (κ3) is 8.55. The minimum Gasteiger partial charge on any atom is -0.383 e. The standard InChI is InChI=1S/C18H27FN4O3.ClH/c1-26-9-7-20-12-17(24)23-8-3-4-14(13-23)11-21-18(25)22-16-6-2-5-15(19)10-16;/h2,5-6,10,14,20H,3-4,7-9,11-13H2,1H3,(H2,21,22,25);1H. The number of urea groups is 1. The molecule has 9 heteroatoms. The molecule has 1 aromatic carbocycles. The van der Waals surface area contributed by atoms with Crippen molar-refractivity contribution in [3.05, 3.63) is 30.1 Å². The summed E-state index contributed by atoms with van der Waals surface area (Å²) in [6.07, 6.45) is 1.88. The topological polar surface area (TPSA) is 82.7 Å². The first kappa shape index (κ1) is 23.1. The van der Waals surface area contributed by atoms with E-state index >= 15 is 0 Å². The van der Waals surface area contributed by atoms with Crippen LogP contribution >= 0.6 is 12.4 Å². The molecule has 1 aromatic rings. The zero-order valence-electron chi connectivity index (χ0n) is 15.5. The number of piperidine rings is 1. The lowest BCUT2D eigenvalue weighted by atomic mass is 9.98. The van der Waals surface area contributed by atoms with Crippen molar-refractivity contribution in [1.29, 1.82) is 0 Å². The average Bonchev–Trinajstić information content (AvgIpc) is 2.64. The van der Waals surface area contributed by atoms with Crippen molar-refractivity contribution in [2.45, 2.75) is 12.8 Å². The van der Waals surface area contributed by atoms with Crippen LogP contribution in [0.1, 0.15) is 12.8 Å². The van der Waals surface area contributed by atoms with Gasteiger partial charge in [-0.2, -0.15) is 0 Å². The number of carbonyl (C=O) groups excluding carboxylic acids is 2. The molecule has 1 unspecified atom stereocenters. The highest BCUT2D eigenvalue weighted by molar-refractivity contribution is 5.89. The van der Waals surface area contributed by atoms with Gasteiger partial charge in [-0.15, -0.1) is 12.4 Å². The Morgan fingerprint density at radius 2 is 2.19 bits per heavy atom. The van der Waals surface area contributed by atoms with Gasteiger partial charge in [0.2, 0.25) is 5.91 Å². The minimum absolute atomic E-state index is 0. The van der Waals surface area contributed by atoms with Gasteiger partial charge in [0.15, 0.2) is 0 Å². The fraction of sp³-hybridized carbons (Fsp3) is 0.556. The van der Waals surface area contributed by atoms with Gasteiger partial charge in [0.1, 0.15) is 5.82 Å². The summed E-state index contributed by atoms with van der Waals surface area (Å²) < 4.78 is 18.1. The van der Waals surface area contributed by atoms with E-state index in [2.05, 4.69) is 16.0 Å². The van der Waals surface area contributed by atoms with Crippen LogP contribution in [0.25, 0.3) is 0 Å². The third-order valence-corrected chi connectivity index (χ3v) is 4.26. The van der Waals surface area contributed by atoms with Crippen LogP contribution in [0.3, 0.4) is 0 Å². The van der Waals surface area contributed by atoms with E-state index in [-0.39, 0.29) is 30.3 Å². The molecule has 7 nitrogen and oxygen atoms in total. The van der Waals surface area contributed by atoms with Gasteiger partial charge in [-0.3, -0.25) is 4.79 Å². The summed E-state index contributed by atoms with van der Waals surface area (Å²) in [6.45, 7) is 3.36. The first-order valence-corrected chi connectivity index (χ1v) is 8.86. The summed E-state index contributed by atoms with van der Waals surface area (Å²) in [5, 5.41) is 8.45. The van der Waals surface area contributed by atoms with Crippen LogP contribution in [0.4, 0.5) is 14.9 Å². The van der Waals surface area contributed by atoms with Crippen LogP contribution in [0.15, 0.2) is 24.3 Å². The predicted octanol–water partition coefficient (Wildman–Crippen LogP) is 1.84. The van der Waals surface area contributed by atoms with Crippen LogP contribution in [-0.4, -0.2) is 63.3 Å². The van der Waals surface area contributed by atoms with E-state index < -0.39 is 5.82 Å². The molecule has 0 aromatic heterocycles. The first-order valence-electron chi connectivity index (χ1n) is 8.86. The number of hydrogen-bond acceptors (Lipinski definition) is 4. The third-order valence-electron chi connectivity index (χ3n) is 4.26. The molecule has 1 atom stereocenters. The zero-order chi connectivity index (χ0) is 18.8. The Morgan fingerprint density at radius 1 is 1.37 bits per heavy atom. The highest BCUT2D eigenvalue weighted by Gasteiger charge is 2.23. The summed E-state index contributed by atoms with van der Waals surface area (Å²) in [7, 11) is 1.62. The molecule has 0 bridgehead atoms. The number of carbonyl (C=O) groups is 2.